The highest BCUT2D eigenvalue weighted by Gasteiger charge is 2.40. The summed E-state index contributed by atoms with van der Waals surface area (Å²) in [5.74, 6) is 0.254. The van der Waals surface area contributed by atoms with Crippen LogP contribution in [-0.4, -0.2) is 33.9 Å². The highest BCUT2D eigenvalue weighted by atomic mass is 16.1. The smallest absolute Gasteiger partial charge is 0.251 e. The molecule has 6 nitrogen and oxygen atoms in total. The van der Waals surface area contributed by atoms with Crippen LogP contribution in [0.5, 0.6) is 0 Å². The van der Waals surface area contributed by atoms with Crippen molar-refractivity contribution in [3.8, 4) is 0 Å². The summed E-state index contributed by atoms with van der Waals surface area (Å²) in [5.41, 5.74) is 5.36. The number of primary amides is 1. The van der Waals surface area contributed by atoms with Crippen LogP contribution in [0.4, 0.5) is 0 Å². The third-order valence-corrected chi connectivity index (χ3v) is 3.52. The Labute approximate surface area is 105 Å². The summed E-state index contributed by atoms with van der Waals surface area (Å²) in [7, 11) is 0. The monoisotopic (exact) mass is 250 g/mol. The van der Waals surface area contributed by atoms with Crippen molar-refractivity contribution in [2.24, 2.45) is 5.73 Å². The molecule has 1 unspecified atom stereocenters. The van der Waals surface area contributed by atoms with Gasteiger partial charge in [-0.05, 0) is 33.2 Å². The second-order valence-corrected chi connectivity index (χ2v) is 5.00. The van der Waals surface area contributed by atoms with E-state index in [0.717, 1.165) is 19.4 Å². The molecule has 0 aliphatic carbocycles. The molecule has 3 N–H and O–H groups in total. The van der Waals surface area contributed by atoms with Crippen LogP contribution in [0.25, 0.3) is 0 Å². The number of carbonyl (C=O) groups excluding carboxylic acids is 1. The number of aromatic nitrogens is 2. The molecule has 1 aromatic rings. The van der Waals surface area contributed by atoms with Gasteiger partial charge in [0.05, 0.1) is 12.1 Å². The largest absolute Gasteiger partial charge is 0.369 e. The fourth-order valence-electron chi connectivity index (χ4n) is 2.56. The Morgan fingerprint density at radius 1 is 1.67 bits per heavy atom. The van der Waals surface area contributed by atoms with E-state index in [0.29, 0.717) is 11.5 Å². The van der Waals surface area contributed by atoms with Crippen LogP contribution >= 0.6 is 0 Å². The molecule has 0 bridgehead atoms. The van der Waals surface area contributed by atoms with Crippen LogP contribution in [0.1, 0.15) is 31.3 Å². The van der Waals surface area contributed by atoms with Gasteiger partial charge in [0.25, 0.3) is 5.56 Å². The van der Waals surface area contributed by atoms with Gasteiger partial charge in [-0.2, -0.15) is 0 Å². The van der Waals surface area contributed by atoms with E-state index in [4.69, 9.17) is 5.73 Å². The van der Waals surface area contributed by atoms with Gasteiger partial charge in [-0.15, -0.1) is 0 Å². The zero-order chi connectivity index (χ0) is 13.3. The third-order valence-electron chi connectivity index (χ3n) is 3.52. The fourth-order valence-corrected chi connectivity index (χ4v) is 2.56. The number of carbonyl (C=O) groups is 1. The zero-order valence-electron chi connectivity index (χ0n) is 10.7. The molecule has 98 valence electrons. The molecule has 6 heteroatoms. The molecular formula is C12H18N4O2. The van der Waals surface area contributed by atoms with Gasteiger partial charge < -0.3 is 10.7 Å². The normalized spacial score (nSPS) is 24.3. The van der Waals surface area contributed by atoms with Gasteiger partial charge in [-0.3, -0.25) is 14.5 Å². The van der Waals surface area contributed by atoms with Crippen LogP contribution in [-0.2, 0) is 10.3 Å². The lowest BCUT2D eigenvalue weighted by molar-refractivity contribution is -0.120. The molecule has 1 aliphatic rings. The number of hydrogen-bond acceptors (Lipinski definition) is 4. The second-order valence-electron chi connectivity index (χ2n) is 5.00. The molecule has 0 aromatic carbocycles. The molecule has 1 aromatic heterocycles. The molecule has 18 heavy (non-hydrogen) atoms. The van der Waals surface area contributed by atoms with E-state index in [1.807, 2.05) is 11.8 Å². The Bertz CT molecular complexity index is 525. The standard InChI is InChI=1S/C12H18N4O2/c1-8-6-10(18)15-11(14-8)12(2)4-3-5-16(12)7-9(13)17/h6H,3-5,7H2,1-2H3,(H2,13,17)(H,14,15,18). The first kappa shape index (κ1) is 12.8. The first-order valence-electron chi connectivity index (χ1n) is 6.03. The number of aryl methyl sites for hydroxylation is 1. The Kier molecular flexibility index (Phi) is 3.21. The molecule has 1 fully saturated rings. The van der Waals surface area contributed by atoms with Crippen LogP contribution in [0.15, 0.2) is 10.9 Å². The summed E-state index contributed by atoms with van der Waals surface area (Å²) in [6, 6.07) is 1.46. The van der Waals surface area contributed by atoms with Gasteiger partial charge in [-0.25, -0.2) is 4.98 Å². The molecule has 0 spiro atoms. The van der Waals surface area contributed by atoms with Gasteiger partial charge in [0.1, 0.15) is 5.82 Å². The number of nitrogens with zero attached hydrogens (tertiary/aromatic N) is 2. The summed E-state index contributed by atoms with van der Waals surface area (Å²) in [6.45, 7) is 4.75. The SMILES string of the molecule is Cc1cc(=O)[nH]c(C2(C)CCCN2CC(N)=O)n1. The minimum absolute atomic E-state index is 0.162. The summed E-state index contributed by atoms with van der Waals surface area (Å²) in [4.78, 5) is 31.8. The maximum Gasteiger partial charge on any atom is 0.251 e. The lowest BCUT2D eigenvalue weighted by Gasteiger charge is -2.33. The average molecular weight is 250 g/mol. The molecular weight excluding hydrogens is 232 g/mol. The Balaban J connectivity index is 2.39. The molecule has 1 atom stereocenters. The van der Waals surface area contributed by atoms with E-state index in [1.165, 1.54) is 6.07 Å². The number of rotatable bonds is 3. The number of H-pyrrole nitrogens is 1. The van der Waals surface area contributed by atoms with Crippen molar-refractivity contribution in [2.75, 3.05) is 13.1 Å². The lowest BCUT2D eigenvalue weighted by atomic mass is 9.97. The van der Waals surface area contributed by atoms with Crippen molar-refractivity contribution >= 4 is 5.91 Å². The number of hydrogen-bond donors (Lipinski definition) is 2. The van der Waals surface area contributed by atoms with Crippen LogP contribution in [0, 0.1) is 6.92 Å². The van der Waals surface area contributed by atoms with Gasteiger partial charge in [0, 0.05) is 11.8 Å². The first-order chi connectivity index (χ1) is 8.41. The zero-order valence-corrected chi connectivity index (χ0v) is 10.7. The molecule has 1 saturated heterocycles. The maximum atomic E-state index is 11.5. The predicted octanol–water partition coefficient (Wildman–Crippen LogP) is -0.125. The molecule has 1 amide bonds. The minimum Gasteiger partial charge on any atom is -0.369 e. The number of amides is 1. The molecule has 0 radical (unpaired) electrons. The van der Waals surface area contributed by atoms with Crippen molar-refractivity contribution in [3.63, 3.8) is 0 Å². The van der Waals surface area contributed by atoms with Crippen LogP contribution < -0.4 is 11.3 Å². The summed E-state index contributed by atoms with van der Waals surface area (Å²) in [5, 5.41) is 0. The van der Waals surface area contributed by atoms with Crippen molar-refractivity contribution < 1.29 is 4.79 Å². The van der Waals surface area contributed by atoms with E-state index in [9.17, 15) is 9.59 Å². The first-order valence-corrected chi connectivity index (χ1v) is 6.03. The topological polar surface area (TPSA) is 92.1 Å². The maximum absolute atomic E-state index is 11.5. The number of aromatic amines is 1. The van der Waals surface area contributed by atoms with Crippen molar-refractivity contribution in [1.29, 1.82) is 0 Å². The quantitative estimate of drug-likeness (QED) is 0.782. The molecule has 2 rings (SSSR count). The van der Waals surface area contributed by atoms with E-state index in [1.54, 1.807) is 6.92 Å². The van der Waals surface area contributed by atoms with E-state index in [2.05, 4.69) is 9.97 Å². The number of nitrogens with one attached hydrogen (secondary N) is 1. The minimum atomic E-state index is -0.416. The average Bonchev–Trinajstić information content (AvgIpc) is 2.59. The van der Waals surface area contributed by atoms with Gasteiger partial charge in [-0.1, -0.05) is 0 Å². The van der Waals surface area contributed by atoms with Crippen molar-refractivity contribution in [3.05, 3.63) is 27.9 Å². The Morgan fingerprint density at radius 3 is 3.00 bits per heavy atom. The summed E-state index contributed by atoms with van der Waals surface area (Å²) in [6.07, 6.45) is 1.81. The fraction of sp³-hybridized carbons (Fsp3) is 0.583. The Hall–Kier alpha value is -1.69. The predicted molar refractivity (Wildman–Crippen MR) is 66.9 cm³/mol. The van der Waals surface area contributed by atoms with Crippen LogP contribution in [0.2, 0.25) is 0 Å². The molecule has 1 aliphatic heterocycles. The Morgan fingerprint density at radius 2 is 2.39 bits per heavy atom. The molecule has 2 heterocycles. The van der Waals surface area contributed by atoms with Gasteiger partial charge >= 0.3 is 0 Å². The van der Waals surface area contributed by atoms with Gasteiger partial charge in [0.15, 0.2) is 0 Å². The van der Waals surface area contributed by atoms with Crippen molar-refractivity contribution in [1.82, 2.24) is 14.9 Å². The second kappa shape index (κ2) is 4.53. The van der Waals surface area contributed by atoms with Gasteiger partial charge in [0.2, 0.25) is 5.91 Å². The number of likely N-dealkylation sites (tertiary alicyclic amines) is 1. The summed E-state index contributed by atoms with van der Waals surface area (Å²) < 4.78 is 0. The molecule has 0 saturated carbocycles. The highest BCUT2D eigenvalue weighted by Crippen LogP contribution is 2.35. The van der Waals surface area contributed by atoms with E-state index < -0.39 is 5.54 Å². The van der Waals surface area contributed by atoms with Crippen LogP contribution in [0.3, 0.4) is 0 Å². The highest BCUT2D eigenvalue weighted by molar-refractivity contribution is 5.76. The van der Waals surface area contributed by atoms with Crippen molar-refractivity contribution in [2.45, 2.75) is 32.2 Å². The lowest BCUT2D eigenvalue weighted by Crippen LogP contribution is -2.45. The summed E-state index contributed by atoms with van der Waals surface area (Å²) >= 11 is 0. The third kappa shape index (κ3) is 2.28. The van der Waals surface area contributed by atoms with E-state index >= 15 is 0 Å². The van der Waals surface area contributed by atoms with E-state index in [-0.39, 0.29) is 18.0 Å². The number of nitrogens with two attached hydrogens (primary N) is 1.